The van der Waals surface area contributed by atoms with Crippen LogP contribution in [0.2, 0.25) is 10.0 Å². The molecule has 0 aliphatic carbocycles. The fourth-order valence-corrected chi connectivity index (χ4v) is 6.29. The lowest BCUT2D eigenvalue weighted by molar-refractivity contribution is -0.128. The Morgan fingerprint density at radius 1 is 0.956 bits per heavy atom. The van der Waals surface area contributed by atoms with Crippen LogP contribution in [0, 0.1) is 0 Å². The summed E-state index contributed by atoms with van der Waals surface area (Å²) < 4.78 is 13.2. The highest BCUT2D eigenvalue weighted by Gasteiger charge is 2.54. The van der Waals surface area contributed by atoms with Gasteiger partial charge >= 0.3 is 0 Å². The lowest BCUT2D eigenvalue weighted by Gasteiger charge is -2.31. The molecule has 1 aliphatic rings. The zero-order valence-corrected chi connectivity index (χ0v) is 27.8. The summed E-state index contributed by atoms with van der Waals surface area (Å²) in [5.74, 6) is 0.753. The summed E-state index contributed by atoms with van der Waals surface area (Å²) in [5.41, 5.74) is 2.13. The predicted molar refractivity (Wildman–Crippen MR) is 183 cm³/mol. The van der Waals surface area contributed by atoms with Gasteiger partial charge in [-0.25, -0.2) is 4.99 Å². The summed E-state index contributed by atoms with van der Waals surface area (Å²) in [6.45, 7) is 0.965. The highest BCUT2D eigenvalue weighted by Crippen LogP contribution is 2.45. The van der Waals surface area contributed by atoms with E-state index in [1.54, 1.807) is 18.2 Å². The van der Waals surface area contributed by atoms with Gasteiger partial charge in [-0.15, -0.1) is 0 Å². The quantitative estimate of drug-likeness (QED) is 0.130. The van der Waals surface area contributed by atoms with Crippen molar-refractivity contribution in [2.45, 2.75) is 43.7 Å². The Bertz CT molecular complexity index is 1620. The number of carbonyl (C=O) groups excluding carboxylic acids is 1. The number of aliphatic hydroxyl groups is 1. The van der Waals surface area contributed by atoms with E-state index < -0.39 is 11.6 Å². The molecule has 1 aliphatic heterocycles. The Morgan fingerprint density at radius 2 is 1.71 bits per heavy atom. The lowest BCUT2D eigenvalue weighted by Crippen LogP contribution is -2.50. The van der Waals surface area contributed by atoms with E-state index in [1.165, 1.54) is 5.56 Å². The molecule has 0 spiro atoms. The third kappa shape index (κ3) is 8.27. The molecule has 4 aromatic carbocycles. The third-order valence-corrected chi connectivity index (χ3v) is 9.05. The second kappa shape index (κ2) is 15.8. The Morgan fingerprint density at radius 3 is 2.44 bits per heavy atom. The van der Waals surface area contributed by atoms with E-state index in [-0.39, 0.29) is 18.9 Å². The lowest BCUT2D eigenvalue weighted by atomic mass is 9.82. The van der Waals surface area contributed by atoms with Gasteiger partial charge in [0.2, 0.25) is 5.90 Å². The van der Waals surface area contributed by atoms with E-state index in [1.807, 2.05) is 66.7 Å². The smallest absolute Gasteiger partial charge is 0.252 e. The molecule has 0 fully saturated rings. The van der Waals surface area contributed by atoms with Gasteiger partial charge in [-0.05, 0) is 72.9 Å². The summed E-state index contributed by atoms with van der Waals surface area (Å²) >= 11 is 16.7. The number of benzene rings is 4. The van der Waals surface area contributed by atoms with Crippen molar-refractivity contribution in [2.75, 3.05) is 19.8 Å². The van der Waals surface area contributed by atoms with E-state index in [9.17, 15) is 4.79 Å². The van der Waals surface area contributed by atoms with Gasteiger partial charge in [0, 0.05) is 51.6 Å². The molecule has 0 radical (unpaired) electrons. The first-order valence-electron chi connectivity index (χ1n) is 15.0. The van der Waals surface area contributed by atoms with Crippen LogP contribution in [0.3, 0.4) is 0 Å². The molecule has 0 bridgehead atoms. The van der Waals surface area contributed by atoms with Gasteiger partial charge in [-0.3, -0.25) is 4.79 Å². The normalized spacial score (nSPS) is 17.4. The van der Waals surface area contributed by atoms with Crippen molar-refractivity contribution in [1.82, 2.24) is 5.32 Å². The number of amides is 1. The summed E-state index contributed by atoms with van der Waals surface area (Å²) in [4.78, 5) is 19.5. The van der Waals surface area contributed by atoms with Crippen LogP contribution in [0.1, 0.15) is 47.6 Å². The van der Waals surface area contributed by atoms with Crippen molar-refractivity contribution >= 4 is 50.9 Å². The van der Waals surface area contributed by atoms with Crippen LogP contribution in [-0.4, -0.2) is 42.2 Å². The Kier molecular flexibility index (Phi) is 11.6. The zero-order chi connectivity index (χ0) is 31.6. The maximum Gasteiger partial charge on any atom is 0.252 e. The number of aryl methyl sites for hydroxylation is 1. The molecular formula is C36H35BrCl2N2O4. The minimum atomic E-state index is -1.37. The number of ether oxygens (including phenoxy) is 2. The van der Waals surface area contributed by atoms with Gasteiger partial charge in [0.25, 0.3) is 5.91 Å². The highest BCUT2D eigenvalue weighted by atomic mass is 79.9. The number of nitrogens with one attached hydrogen (secondary N) is 1. The number of hydrogen-bond acceptors (Lipinski definition) is 5. The average Bonchev–Trinajstić information content (AvgIpc) is 3.43. The number of unbranched alkanes of at least 4 members (excludes halogenated alkanes) is 1. The minimum absolute atomic E-state index is 0.0616. The first-order valence-corrected chi connectivity index (χ1v) is 16.6. The molecule has 6 nitrogen and oxygen atoms in total. The molecule has 0 saturated heterocycles. The molecule has 0 aromatic heterocycles. The minimum Gasteiger partial charge on any atom is -0.494 e. The molecule has 0 unspecified atom stereocenters. The summed E-state index contributed by atoms with van der Waals surface area (Å²) in [6, 6.07) is 30.7. The van der Waals surface area contributed by atoms with Crippen LogP contribution in [0.15, 0.2) is 107 Å². The molecule has 45 heavy (non-hydrogen) atoms. The summed E-state index contributed by atoms with van der Waals surface area (Å²) in [5, 5.41) is 13.1. The molecule has 2 atom stereocenters. The molecule has 2 N–H and O–H groups in total. The average molecular weight is 710 g/mol. The highest BCUT2D eigenvalue weighted by molar-refractivity contribution is 9.10. The van der Waals surface area contributed by atoms with Gasteiger partial charge in [0.1, 0.15) is 5.75 Å². The number of aliphatic hydroxyl groups excluding tert-OH is 1. The number of halogens is 3. The van der Waals surface area contributed by atoms with Crippen LogP contribution in [0.5, 0.6) is 5.75 Å². The summed E-state index contributed by atoms with van der Waals surface area (Å²) in [6.07, 6.45) is 2.67. The second-order valence-electron chi connectivity index (χ2n) is 10.9. The number of nitrogens with zero attached hydrogens (tertiary/aromatic N) is 1. The van der Waals surface area contributed by atoms with Crippen molar-refractivity contribution in [3.63, 3.8) is 0 Å². The molecule has 5 rings (SSSR count). The molecule has 0 saturated carbocycles. The van der Waals surface area contributed by atoms with Crippen LogP contribution >= 0.6 is 39.1 Å². The van der Waals surface area contributed by atoms with Gasteiger partial charge in [-0.1, -0.05) is 93.7 Å². The second-order valence-corrected chi connectivity index (χ2v) is 12.6. The fourth-order valence-electron chi connectivity index (χ4n) is 5.36. The van der Waals surface area contributed by atoms with E-state index in [4.69, 9.17) is 42.8 Å². The van der Waals surface area contributed by atoms with Crippen molar-refractivity contribution in [2.24, 2.45) is 4.99 Å². The van der Waals surface area contributed by atoms with Gasteiger partial charge < -0.3 is 19.9 Å². The number of hydrogen-bond donors (Lipinski definition) is 2. The maximum absolute atomic E-state index is 14.4. The molecule has 234 valence electrons. The number of carbonyl (C=O) groups is 1. The van der Waals surface area contributed by atoms with Gasteiger partial charge in [0.15, 0.2) is 11.6 Å². The largest absolute Gasteiger partial charge is 0.494 e. The molecular weight excluding hydrogens is 675 g/mol. The number of aliphatic imine (C=N–C) groups is 1. The van der Waals surface area contributed by atoms with E-state index in [0.29, 0.717) is 52.4 Å². The van der Waals surface area contributed by atoms with Crippen molar-refractivity contribution in [3.8, 4) is 5.75 Å². The monoisotopic (exact) mass is 708 g/mol. The Hall–Kier alpha value is -3.36. The fraction of sp³-hybridized carbons (Fsp3) is 0.278. The molecule has 1 amide bonds. The van der Waals surface area contributed by atoms with Gasteiger partial charge in [-0.2, -0.15) is 0 Å². The van der Waals surface area contributed by atoms with Crippen molar-refractivity contribution < 1.29 is 19.4 Å². The zero-order valence-electron chi connectivity index (χ0n) is 24.7. The van der Waals surface area contributed by atoms with E-state index in [0.717, 1.165) is 29.3 Å². The number of rotatable bonds is 14. The maximum atomic E-state index is 14.4. The van der Waals surface area contributed by atoms with Crippen LogP contribution < -0.4 is 10.1 Å². The first-order chi connectivity index (χ1) is 21.9. The van der Waals surface area contributed by atoms with Crippen LogP contribution in [0.4, 0.5) is 0 Å². The van der Waals surface area contributed by atoms with Crippen LogP contribution in [0.25, 0.3) is 0 Å². The van der Waals surface area contributed by atoms with Gasteiger partial charge in [0.05, 0.1) is 6.61 Å². The van der Waals surface area contributed by atoms with E-state index in [2.05, 4.69) is 33.4 Å². The Labute approximate surface area is 282 Å². The first kappa shape index (κ1) is 33.0. The standard InChI is InChI=1S/C36H35BrCl2N2O4/c37-31-13-5-4-12-27(31)24-36(35(43)40-20-7-6-11-25-9-2-1-3-10-25)33(30-19-16-28(38)23-32(30)39)45-34(41-36)26-14-17-29(18-15-26)44-22-8-21-42/h1-5,9-10,12-19,23,33,42H,6-8,11,20-22,24H2,(H,40,43)/t33-,36-/m1/s1. The molecule has 4 aromatic rings. The molecule has 9 heteroatoms. The van der Waals surface area contributed by atoms with Crippen molar-refractivity contribution in [1.29, 1.82) is 0 Å². The topological polar surface area (TPSA) is 80.2 Å². The van der Waals surface area contributed by atoms with Crippen LogP contribution in [-0.2, 0) is 22.4 Å². The molecule has 1 heterocycles. The Balaban J connectivity index is 1.48. The third-order valence-electron chi connectivity index (χ3n) is 7.71. The van der Waals surface area contributed by atoms with Crippen molar-refractivity contribution in [3.05, 3.63) is 134 Å². The summed E-state index contributed by atoms with van der Waals surface area (Å²) in [7, 11) is 0. The predicted octanol–water partition coefficient (Wildman–Crippen LogP) is 8.16. The van der Waals surface area contributed by atoms with E-state index >= 15 is 0 Å². The SMILES string of the molecule is O=C(NCCCCc1ccccc1)[C@]1(Cc2ccccc2Br)N=C(c2ccc(OCCCO)cc2)O[C@@H]1c1ccc(Cl)cc1Cl.